The Labute approximate surface area is 106 Å². The van der Waals surface area contributed by atoms with Crippen LogP contribution >= 0.6 is 0 Å². The van der Waals surface area contributed by atoms with Crippen molar-refractivity contribution in [3.63, 3.8) is 0 Å². The molecule has 0 unspecified atom stereocenters. The van der Waals surface area contributed by atoms with Gasteiger partial charge in [0.25, 0.3) is 0 Å². The van der Waals surface area contributed by atoms with Gasteiger partial charge in [-0.15, -0.1) is 0 Å². The molecule has 0 radical (unpaired) electrons. The van der Waals surface area contributed by atoms with Crippen LogP contribution in [0.25, 0.3) is 0 Å². The lowest BCUT2D eigenvalue weighted by Crippen LogP contribution is -2.28. The van der Waals surface area contributed by atoms with Crippen molar-refractivity contribution < 1.29 is 13.6 Å². The van der Waals surface area contributed by atoms with Gasteiger partial charge in [-0.05, 0) is 33.1 Å². The summed E-state index contributed by atoms with van der Waals surface area (Å²) < 4.78 is 23.0. The Bertz CT molecular complexity index is 296. The van der Waals surface area contributed by atoms with E-state index in [9.17, 15) is 8.42 Å². The lowest BCUT2D eigenvalue weighted by atomic mass is 10.1. The molecule has 0 saturated carbocycles. The molecule has 0 spiro atoms. The maximum Gasteiger partial charge on any atom is 0.208 e. The Morgan fingerprint density at radius 3 is 1.76 bits per heavy atom. The van der Waals surface area contributed by atoms with Crippen LogP contribution in [0.15, 0.2) is 5.16 Å². The zero-order valence-electron chi connectivity index (χ0n) is 11.0. The van der Waals surface area contributed by atoms with Gasteiger partial charge in [-0.25, -0.2) is 13.1 Å². The number of hydrogen-bond acceptors (Lipinski definition) is 4. The van der Waals surface area contributed by atoms with Crippen LogP contribution in [0, 0.1) is 5.92 Å². The Morgan fingerprint density at radius 1 is 1.29 bits per heavy atom. The Kier molecular flexibility index (Phi) is 13.4. The fourth-order valence-electron chi connectivity index (χ4n) is 1.06. The second-order valence-electron chi connectivity index (χ2n) is 4.48. The lowest BCUT2D eigenvalue weighted by Gasteiger charge is -2.02. The molecular formula is C11H28N2O3S. The molecule has 0 aromatic carbocycles. The smallest absolute Gasteiger partial charge is 0.208 e. The van der Waals surface area contributed by atoms with Crippen LogP contribution in [0.4, 0.5) is 0 Å². The van der Waals surface area contributed by atoms with Crippen LogP contribution in [0.5, 0.6) is 0 Å². The van der Waals surface area contributed by atoms with Crippen molar-refractivity contribution in [2.24, 2.45) is 11.1 Å². The fraction of sp³-hybridized carbons (Fsp3) is 0.909. The van der Waals surface area contributed by atoms with Crippen LogP contribution in [0.1, 0.15) is 48.5 Å². The molecule has 0 amide bonds. The molecule has 0 heterocycles. The first-order valence-electron chi connectivity index (χ1n) is 5.23. The summed E-state index contributed by atoms with van der Waals surface area (Å²) in [5.74, 6) is 0.589. The minimum absolute atomic E-state index is 0. The molecule has 0 aliphatic heterocycles. The second kappa shape index (κ2) is 10.5. The van der Waals surface area contributed by atoms with Gasteiger partial charge >= 0.3 is 0 Å². The average Bonchev–Trinajstić information content (AvgIpc) is 1.98. The van der Waals surface area contributed by atoms with Crippen LogP contribution in [-0.2, 0) is 10.0 Å². The first-order valence-corrected chi connectivity index (χ1v) is 7.12. The highest BCUT2D eigenvalue weighted by atomic mass is 32.2. The van der Waals surface area contributed by atoms with Gasteiger partial charge in [-0.1, -0.05) is 26.4 Å². The zero-order chi connectivity index (χ0) is 13.4. The molecule has 106 valence electrons. The standard InChI is InChI=1S/C6H13NO.C4H11NO2S.CH4/c1-5(2)4-6(3)7-8;1-4(2)5-8(3,6)7;/h5,8H,4H2,1-3H3;4-5H,1-3H3;1H4/b7-6-;;. The maximum atomic E-state index is 10.3. The van der Waals surface area contributed by atoms with E-state index in [0.717, 1.165) is 18.4 Å². The van der Waals surface area contributed by atoms with E-state index in [4.69, 9.17) is 5.21 Å². The molecule has 6 heteroatoms. The molecule has 0 bridgehead atoms. The van der Waals surface area contributed by atoms with Crippen molar-refractivity contribution in [1.29, 1.82) is 0 Å². The van der Waals surface area contributed by atoms with E-state index >= 15 is 0 Å². The normalized spacial score (nSPS) is 11.9. The predicted octanol–water partition coefficient (Wildman–Crippen LogP) is 2.46. The van der Waals surface area contributed by atoms with E-state index in [2.05, 4.69) is 23.7 Å². The summed E-state index contributed by atoms with van der Waals surface area (Å²) in [7, 11) is -2.97. The van der Waals surface area contributed by atoms with E-state index in [1.165, 1.54) is 0 Å². The van der Waals surface area contributed by atoms with Crippen LogP contribution in [0.3, 0.4) is 0 Å². The van der Waals surface area contributed by atoms with E-state index in [0.29, 0.717) is 5.92 Å². The highest BCUT2D eigenvalue weighted by Gasteiger charge is 2.00. The first kappa shape index (κ1) is 21.6. The van der Waals surface area contributed by atoms with Gasteiger partial charge in [-0.2, -0.15) is 0 Å². The zero-order valence-corrected chi connectivity index (χ0v) is 11.8. The molecule has 0 aliphatic rings. The highest BCUT2D eigenvalue weighted by Crippen LogP contribution is 1.99. The molecular weight excluding hydrogens is 240 g/mol. The third-order valence-corrected chi connectivity index (χ3v) is 2.22. The second-order valence-corrected chi connectivity index (χ2v) is 6.26. The molecule has 0 fully saturated rings. The fourth-order valence-corrected chi connectivity index (χ4v) is 1.92. The van der Waals surface area contributed by atoms with Gasteiger partial charge in [0.1, 0.15) is 0 Å². The first-order chi connectivity index (χ1) is 7.08. The highest BCUT2D eigenvalue weighted by molar-refractivity contribution is 7.88. The van der Waals surface area contributed by atoms with Gasteiger partial charge in [-0.3, -0.25) is 0 Å². The monoisotopic (exact) mass is 268 g/mol. The van der Waals surface area contributed by atoms with E-state index in [-0.39, 0.29) is 13.5 Å². The third-order valence-electron chi connectivity index (χ3n) is 1.32. The summed E-state index contributed by atoms with van der Waals surface area (Å²) in [6, 6.07) is 0.00463. The minimum Gasteiger partial charge on any atom is -0.411 e. The Balaban J connectivity index is -0.000000218. The predicted molar refractivity (Wildman–Crippen MR) is 74.2 cm³/mol. The average molecular weight is 268 g/mol. The summed E-state index contributed by atoms with van der Waals surface area (Å²) >= 11 is 0. The van der Waals surface area contributed by atoms with Crippen molar-refractivity contribution >= 4 is 15.7 Å². The van der Waals surface area contributed by atoms with Gasteiger partial charge in [0.05, 0.1) is 12.0 Å². The molecule has 5 nitrogen and oxygen atoms in total. The van der Waals surface area contributed by atoms with E-state index in [1.807, 2.05) is 6.92 Å². The minimum atomic E-state index is -2.97. The third kappa shape index (κ3) is 25.6. The van der Waals surface area contributed by atoms with Crippen molar-refractivity contribution in [3.8, 4) is 0 Å². The van der Waals surface area contributed by atoms with E-state index in [1.54, 1.807) is 13.8 Å². The van der Waals surface area contributed by atoms with Crippen LogP contribution < -0.4 is 4.72 Å². The van der Waals surface area contributed by atoms with Gasteiger partial charge in [0, 0.05) is 6.04 Å². The van der Waals surface area contributed by atoms with Crippen molar-refractivity contribution in [2.45, 2.75) is 54.5 Å². The molecule has 0 atom stereocenters. The number of sulfonamides is 1. The largest absolute Gasteiger partial charge is 0.411 e. The summed E-state index contributed by atoms with van der Waals surface area (Å²) in [6.07, 6.45) is 2.03. The van der Waals surface area contributed by atoms with Crippen LogP contribution in [-0.4, -0.2) is 31.6 Å². The van der Waals surface area contributed by atoms with Crippen LogP contribution in [0.2, 0.25) is 0 Å². The van der Waals surface area contributed by atoms with Gasteiger partial charge < -0.3 is 5.21 Å². The molecule has 0 saturated heterocycles. The van der Waals surface area contributed by atoms with Gasteiger partial charge in [0.2, 0.25) is 10.0 Å². The lowest BCUT2D eigenvalue weighted by molar-refractivity contribution is 0.316. The Morgan fingerprint density at radius 2 is 1.71 bits per heavy atom. The van der Waals surface area contributed by atoms with Gasteiger partial charge in [0.15, 0.2) is 0 Å². The summed E-state index contributed by atoms with van der Waals surface area (Å²) in [5.41, 5.74) is 0.806. The SMILES string of the molecule is C.C/C(CC(C)C)=N/O.CC(C)NS(C)(=O)=O. The molecule has 0 aliphatic carbocycles. The number of oxime groups is 1. The molecule has 0 aromatic rings. The van der Waals surface area contributed by atoms with Crippen molar-refractivity contribution in [1.82, 2.24) is 4.72 Å². The summed E-state index contributed by atoms with van der Waals surface area (Å²) in [6.45, 7) is 9.56. The molecule has 0 rings (SSSR count). The van der Waals surface area contributed by atoms with Crippen molar-refractivity contribution in [2.75, 3.05) is 6.26 Å². The topological polar surface area (TPSA) is 78.8 Å². The maximum absolute atomic E-state index is 10.3. The number of nitrogens with zero attached hydrogens (tertiary/aromatic N) is 1. The number of nitrogens with one attached hydrogen (secondary N) is 1. The summed E-state index contributed by atoms with van der Waals surface area (Å²) in [4.78, 5) is 0. The number of hydrogen-bond donors (Lipinski definition) is 2. The van der Waals surface area contributed by atoms with Crippen molar-refractivity contribution in [3.05, 3.63) is 0 Å². The molecule has 0 aromatic heterocycles. The molecule has 17 heavy (non-hydrogen) atoms. The number of rotatable bonds is 4. The van der Waals surface area contributed by atoms with E-state index < -0.39 is 10.0 Å². The quantitative estimate of drug-likeness (QED) is 0.467. The summed E-state index contributed by atoms with van der Waals surface area (Å²) in [5, 5.41) is 11.2. The molecule has 2 N–H and O–H groups in total. The Hall–Kier alpha value is -0.620.